The summed E-state index contributed by atoms with van der Waals surface area (Å²) in [6.07, 6.45) is 3.27. The lowest BCUT2D eigenvalue weighted by molar-refractivity contribution is -0.134. The molecule has 0 aromatic heterocycles. The third-order valence-electron chi connectivity index (χ3n) is 3.21. The quantitative estimate of drug-likeness (QED) is 0.917. The van der Waals surface area contributed by atoms with E-state index in [1.165, 1.54) is 12.1 Å². The van der Waals surface area contributed by atoms with E-state index in [1.54, 1.807) is 11.0 Å². The Morgan fingerprint density at radius 1 is 1.35 bits per heavy atom. The van der Waals surface area contributed by atoms with Crippen LogP contribution in [-0.4, -0.2) is 29.8 Å². The van der Waals surface area contributed by atoms with Crippen LogP contribution in [0.4, 0.5) is 10.1 Å². The SMILES string of the molecule is O=C(CN1CCCCCC1=O)Nc1ccc(Br)cc1F. The highest BCUT2D eigenvalue weighted by Crippen LogP contribution is 2.19. The van der Waals surface area contributed by atoms with E-state index >= 15 is 0 Å². The van der Waals surface area contributed by atoms with Crippen molar-refractivity contribution in [3.05, 3.63) is 28.5 Å². The van der Waals surface area contributed by atoms with Gasteiger partial charge in [0.15, 0.2) is 0 Å². The third-order valence-corrected chi connectivity index (χ3v) is 3.70. The molecular weight excluding hydrogens is 327 g/mol. The van der Waals surface area contributed by atoms with Gasteiger partial charge in [-0.25, -0.2) is 4.39 Å². The van der Waals surface area contributed by atoms with Gasteiger partial charge in [0, 0.05) is 17.4 Å². The molecule has 1 aliphatic rings. The van der Waals surface area contributed by atoms with Gasteiger partial charge in [0.1, 0.15) is 5.82 Å². The first-order chi connectivity index (χ1) is 9.56. The van der Waals surface area contributed by atoms with Crippen LogP contribution in [0.5, 0.6) is 0 Å². The van der Waals surface area contributed by atoms with Crippen molar-refractivity contribution in [1.82, 2.24) is 4.90 Å². The number of amides is 2. The molecule has 1 aromatic rings. The van der Waals surface area contributed by atoms with Crippen molar-refractivity contribution < 1.29 is 14.0 Å². The molecule has 6 heteroatoms. The lowest BCUT2D eigenvalue weighted by Gasteiger charge is -2.19. The van der Waals surface area contributed by atoms with Gasteiger partial charge in [-0.15, -0.1) is 0 Å². The molecule has 0 atom stereocenters. The van der Waals surface area contributed by atoms with E-state index in [0.717, 1.165) is 19.3 Å². The fraction of sp³-hybridized carbons (Fsp3) is 0.429. The summed E-state index contributed by atoms with van der Waals surface area (Å²) in [5.41, 5.74) is 0.125. The van der Waals surface area contributed by atoms with Crippen LogP contribution in [0, 0.1) is 5.82 Å². The molecular formula is C14H16BrFN2O2. The van der Waals surface area contributed by atoms with Crippen LogP contribution in [0.25, 0.3) is 0 Å². The molecule has 2 rings (SSSR count). The Morgan fingerprint density at radius 2 is 2.15 bits per heavy atom. The van der Waals surface area contributed by atoms with Crippen LogP contribution in [0.2, 0.25) is 0 Å². The lowest BCUT2D eigenvalue weighted by Crippen LogP contribution is -2.37. The van der Waals surface area contributed by atoms with Crippen molar-refractivity contribution in [1.29, 1.82) is 0 Å². The van der Waals surface area contributed by atoms with E-state index in [0.29, 0.717) is 17.4 Å². The van der Waals surface area contributed by atoms with Crippen molar-refractivity contribution >= 4 is 33.4 Å². The van der Waals surface area contributed by atoms with Gasteiger partial charge < -0.3 is 10.2 Å². The molecule has 0 bridgehead atoms. The van der Waals surface area contributed by atoms with Crippen molar-refractivity contribution in [2.24, 2.45) is 0 Å². The van der Waals surface area contributed by atoms with Gasteiger partial charge in [-0.05, 0) is 31.0 Å². The van der Waals surface area contributed by atoms with Gasteiger partial charge in [0.2, 0.25) is 11.8 Å². The van der Waals surface area contributed by atoms with E-state index < -0.39 is 5.82 Å². The van der Waals surface area contributed by atoms with Crippen LogP contribution < -0.4 is 5.32 Å². The van der Waals surface area contributed by atoms with Gasteiger partial charge in [-0.1, -0.05) is 22.4 Å². The normalized spacial score (nSPS) is 15.9. The minimum Gasteiger partial charge on any atom is -0.333 e. The number of nitrogens with one attached hydrogen (secondary N) is 1. The zero-order valence-corrected chi connectivity index (χ0v) is 12.6. The van der Waals surface area contributed by atoms with Gasteiger partial charge in [-0.3, -0.25) is 9.59 Å². The van der Waals surface area contributed by atoms with Crippen LogP contribution in [0.3, 0.4) is 0 Å². The summed E-state index contributed by atoms with van der Waals surface area (Å²) in [5, 5.41) is 2.50. The van der Waals surface area contributed by atoms with E-state index in [1.807, 2.05) is 0 Å². The average Bonchev–Trinajstić information content (AvgIpc) is 2.59. The molecule has 0 saturated carbocycles. The maximum Gasteiger partial charge on any atom is 0.244 e. The molecule has 20 heavy (non-hydrogen) atoms. The fourth-order valence-corrected chi connectivity index (χ4v) is 2.49. The third kappa shape index (κ3) is 4.03. The highest BCUT2D eigenvalue weighted by molar-refractivity contribution is 9.10. The summed E-state index contributed by atoms with van der Waals surface area (Å²) in [5.74, 6) is -0.884. The van der Waals surface area contributed by atoms with Crippen molar-refractivity contribution in [3.63, 3.8) is 0 Å². The maximum absolute atomic E-state index is 13.6. The standard InChI is InChI=1S/C14H16BrFN2O2/c15-10-5-6-12(11(16)8-10)17-13(19)9-18-7-3-1-2-4-14(18)20/h5-6,8H,1-4,7,9H2,(H,17,19). The summed E-state index contributed by atoms with van der Waals surface area (Å²) >= 11 is 3.15. The molecule has 0 aliphatic carbocycles. The molecule has 1 heterocycles. The molecule has 4 nitrogen and oxygen atoms in total. The number of carbonyl (C=O) groups is 2. The molecule has 1 fully saturated rings. The van der Waals surface area contributed by atoms with E-state index in [9.17, 15) is 14.0 Å². The summed E-state index contributed by atoms with van der Waals surface area (Å²) < 4.78 is 14.2. The molecule has 0 radical (unpaired) electrons. The molecule has 1 N–H and O–H groups in total. The Labute approximate surface area is 125 Å². The Morgan fingerprint density at radius 3 is 2.90 bits per heavy atom. The molecule has 2 amide bonds. The largest absolute Gasteiger partial charge is 0.333 e. The first-order valence-electron chi connectivity index (χ1n) is 6.59. The second kappa shape index (κ2) is 6.83. The topological polar surface area (TPSA) is 49.4 Å². The number of hydrogen-bond donors (Lipinski definition) is 1. The molecule has 0 unspecified atom stereocenters. The minimum atomic E-state index is -0.505. The van der Waals surface area contributed by atoms with Crippen LogP contribution in [0.1, 0.15) is 25.7 Å². The molecule has 0 spiro atoms. The lowest BCUT2D eigenvalue weighted by atomic mass is 10.2. The highest BCUT2D eigenvalue weighted by atomic mass is 79.9. The summed E-state index contributed by atoms with van der Waals surface area (Å²) in [7, 11) is 0. The van der Waals surface area contributed by atoms with E-state index in [4.69, 9.17) is 0 Å². The Balaban J connectivity index is 1.96. The maximum atomic E-state index is 13.6. The average molecular weight is 343 g/mol. The first-order valence-corrected chi connectivity index (χ1v) is 7.38. The smallest absolute Gasteiger partial charge is 0.244 e. The number of likely N-dealkylation sites (tertiary alicyclic amines) is 1. The highest BCUT2D eigenvalue weighted by Gasteiger charge is 2.19. The Hall–Kier alpha value is -1.43. The van der Waals surface area contributed by atoms with Crippen LogP contribution >= 0.6 is 15.9 Å². The predicted molar refractivity (Wildman–Crippen MR) is 77.8 cm³/mol. The summed E-state index contributed by atoms with van der Waals surface area (Å²) in [6, 6.07) is 4.42. The van der Waals surface area contributed by atoms with Gasteiger partial charge in [0.05, 0.1) is 12.2 Å². The monoisotopic (exact) mass is 342 g/mol. The number of halogens is 2. The Bertz CT molecular complexity index is 522. The van der Waals surface area contributed by atoms with Crippen LogP contribution in [0.15, 0.2) is 22.7 Å². The number of anilines is 1. The summed E-state index contributed by atoms with van der Waals surface area (Å²) in [4.78, 5) is 25.2. The zero-order valence-electron chi connectivity index (χ0n) is 11.0. The minimum absolute atomic E-state index is 0.00562. The van der Waals surface area contributed by atoms with Crippen molar-refractivity contribution in [2.75, 3.05) is 18.4 Å². The van der Waals surface area contributed by atoms with Gasteiger partial charge >= 0.3 is 0 Å². The predicted octanol–water partition coefficient (Wildman–Crippen LogP) is 2.93. The second-order valence-corrected chi connectivity index (χ2v) is 5.71. The van der Waals surface area contributed by atoms with Crippen molar-refractivity contribution in [3.8, 4) is 0 Å². The first kappa shape index (κ1) is 15.0. The number of hydrogen-bond acceptors (Lipinski definition) is 2. The number of rotatable bonds is 3. The molecule has 1 saturated heterocycles. The Kier molecular flexibility index (Phi) is 5.11. The number of carbonyl (C=O) groups excluding carboxylic acids is 2. The summed E-state index contributed by atoms with van der Waals surface area (Å²) in [6.45, 7) is 0.573. The van der Waals surface area contributed by atoms with Crippen LogP contribution in [-0.2, 0) is 9.59 Å². The second-order valence-electron chi connectivity index (χ2n) is 4.80. The van der Waals surface area contributed by atoms with Crippen molar-refractivity contribution in [2.45, 2.75) is 25.7 Å². The fourth-order valence-electron chi connectivity index (χ4n) is 2.16. The zero-order chi connectivity index (χ0) is 14.5. The van der Waals surface area contributed by atoms with E-state index in [2.05, 4.69) is 21.2 Å². The van der Waals surface area contributed by atoms with Gasteiger partial charge in [-0.2, -0.15) is 0 Å². The molecule has 108 valence electrons. The number of benzene rings is 1. The van der Waals surface area contributed by atoms with Gasteiger partial charge in [0.25, 0.3) is 0 Å². The molecule has 1 aromatic carbocycles. The molecule has 1 aliphatic heterocycles. The van der Waals surface area contributed by atoms with E-state index in [-0.39, 0.29) is 24.0 Å². The number of nitrogens with zero attached hydrogens (tertiary/aromatic N) is 1.